The van der Waals surface area contributed by atoms with Crippen LogP contribution < -0.4 is 5.32 Å². The zero-order chi connectivity index (χ0) is 12.9. The molecule has 1 atom stereocenters. The third-order valence-corrected chi connectivity index (χ3v) is 3.79. The molecule has 0 saturated carbocycles. The average Bonchev–Trinajstić information content (AvgIpc) is 2.72. The third kappa shape index (κ3) is 3.44. The first kappa shape index (κ1) is 14.0. The Morgan fingerprint density at radius 2 is 2.41 bits per heavy atom. The van der Waals surface area contributed by atoms with Crippen molar-refractivity contribution in [1.29, 1.82) is 0 Å². The first-order valence-corrected chi connectivity index (χ1v) is 6.35. The molecule has 0 fully saturated rings. The Morgan fingerprint density at radius 1 is 1.71 bits per heavy atom. The summed E-state index contributed by atoms with van der Waals surface area (Å²) >= 11 is 1.47. The van der Waals surface area contributed by atoms with Gasteiger partial charge < -0.3 is 10.1 Å². The summed E-state index contributed by atoms with van der Waals surface area (Å²) in [6, 6.07) is 0. The molecule has 1 rings (SSSR count). The number of ether oxygens (including phenoxy) is 1. The predicted molar refractivity (Wildman–Crippen MR) is 65.8 cm³/mol. The van der Waals surface area contributed by atoms with Crippen molar-refractivity contribution in [3.8, 4) is 0 Å². The maximum Gasteiger partial charge on any atom is 0.326 e. The highest BCUT2D eigenvalue weighted by Crippen LogP contribution is 2.20. The molecule has 0 radical (unpaired) electrons. The van der Waals surface area contributed by atoms with Crippen molar-refractivity contribution in [2.45, 2.75) is 24.5 Å². The fraction of sp³-hybridized carbons (Fsp3) is 0.700. The molecule has 0 aliphatic heterocycles. The Balaban J connectivity index is 2.63. The predicted octanol–water partition coefficient (Wildman–Crippen LogP) is 0.448. The number of rotatable bonds is 6. The fourth-order valence-corrected chi connectivity index (χ4v) is 2.18. The summed E-state index contributed by atoms with van der Waals surface area (Å²) in [5, 5.41) is 7.74. The number of carbonyl (C=O) groups excluding carboxylic acids is 1. The van der Waals surface area contributed by atoms with Crippen LogP contribution >= 0.6 is 11.8 Å². The van der Waals surface area contributed by atoms with E-state index >= 15 is 0 Å². The summed E-state index contributed by atoms with van der Waals surface area (Å²) in [7, 11) is 3.56. The second kappa shape index (κ2) is 6.02. The van der Waals surface area contributed by atoms with E-state index in [2.05, 4.69) is 15.4 Å². The zero-order valence-corrected chi connectivity index (χ0v) is 11.4. The highest BCUT2D eigenvalue weighted by molar-refractivity contribution is 7.99. The fourth-order valence-electron chi connectivity index (χ4n) is 1.15. The Morgan fingerprint density at radius 3 is 2.88 bits per heavy atom. The second-order valence-corrected chi connectivity index (χ2v) is 4.70. The van der Waals surface area contributed by atoms with Crippen molar-refractivity contribution in [2.24, 2.45) is 7.05 Å². The normalized spacial score (nSPS) is 14.4. The van der Waals surface area contributed by atoms with Crippen molar-refractivity contribution < 1.29 is 9.53 Å². The van der Waals surface area contributed by atoms with E-state index in [1.807, 2.05) is 14.0 Å². The lowest BCUT2D eigenvalue weighted by Crippen LogP contribution is -2.50. The van der Waals surface area contributed by atoms with E-state index in [1.165, 1.54) is 18.1 Å². The van der Waals surface area contributed by atoms with Gasteiger partial charge in [0.15, 0.2) is 5.16 Å². The van der Waals surface area contributed by atoms with Crippen LogP contribution in [0.4, 0.5) is 0 Å². The maximum absolute atomic E-state index is 11.8. The molecule has 6 nitrogen and oxygen atoms in total. The molecule has 0 bridgehead atoms. The standard InChI is InChI=1S/C10H18N4O2S/c1-5-16-8(15)10(2,11-3)6-17-9-12-7-13-14(9)4/h7,11H,5-6H2,1-4H3. The summed E-state index contributed by atoms with van der Waals surface area (Å²) in [5.74, 6) is 0.284. The van der Waals surface area contributed by atoms with Gasteiger partial charge in [-0.1, -0.05) is 11.8 Å². The van der Waals surface area contributed by atoms with Gasteiger partial charge in [0.1, 0.15) is 11.9 Å². The smallest absolute Gasteiger partial charge is 0.326 e. The number of hydrogen-bond acceptors (Lipinski definition) is 6. The molecular weight excluding hydrogens is 240 g/mol. The van der Waals surface area contributed by atoms with Crippen LogP contribution in [0.25, 0.3) is 0 Å². The van der Waals surface area contributed by atoms with Crippen LogP contribution in [-0.2, 0) is 16.6 Å². The monoisotopic (exact) mass is 258 g/mol. The van der Waals surface area contributed by atoms with Crippen molar-refractivity contribution in [2.75, 3.05) is 19.4 Å². The first-order chi connectivity index (χ1) is 8.03. The van der Waals surface area contributed by atoms with Gasteiger partial charge in [0.2, 0.25) is 0 Å². The maximum atomic E-state index is 11.8. The van der Waals surface area contributed by atoms with Crippen LogP contribution in [0.1, 0.15) is 13.8 Å². The van der Waals surface area contributed by atoms with Crippen LogP contribution in [-0.4, -0.2) is 45.7 Å². The molecule has 1 heterocycles. The third-order valence-electron chi connectivity index (χ3n) is 2.44. The number of carbonyl (C=O) groups is 1. The molecule has 0 aliphatic carbocycles. The van der Waals surface area contributed by atoms with Gasteiger partial charge in [0.05, 0.1) is 6.61 Å². The molecule has 17 heavy (non-hydrogen) atoms. The Kier molecular flexibility index (Phi) is 4.95. The van der Waals surface area contributed by atoms with Gasteiger partial charge in [-0.15, -0.1) is 0 Å². The summed E-state index contributed by atoms with van der Waals surface area (Å²) < 4.78 is 6.71. The summed E-state index contributed by atoms with van der Waals surface area (Å²) in [5.41, 5.74) is -0.716. The van der Waals surface area contributed by atoms with Crippen molar-refractivity contribution >= 4 is 17.7 Å². The lowest BCUT2D eigenvalue weighted by Gasteiger charge is -2.25. The van der Waals surface area contributed by atoms with Crippen molar-refractivity contribution in [1.82, 2.24) is 20.1 Å². The molecule has 0 aromatic carbocycles. The van der Waals surface area contributed by atoms with E-state index in [4.69, 9.17) is 4.74 Å². The highest BCUT2D eigenvalue weighted by atomic mass is 32.2. The molecule has 0 aliphatic rings. The van der Waals surface area contributed by atoms with E-state index in [9.17, 15) is 4.79 Å². The van der Waals surface area contributed by atoms with E-state index in [-0.39, 0.29) is 5.97 Å². The SMILES string of the molecule is CCOC(=O)C(C)(CSc1ncnn1C)NC. The van der Waals surface area contributed by atoms with Gasteiger partial charge in [-0.25, -0.2) is 9.67 Å². The van der Waals surface area contributed by atoms with E-state index in [0.29, 0.717) is 12.4 Å². The zero-order valence-electron chi connectivity index (χ0n) is 10.6. The van der Waals surface area contributed by atoms with Gasteiger partial charge in [0.25, 0.3) is 0 Å². The minimum Gasteiger partial charge on any atom is -0.465 e. The molecule has 7 heteroatoms. The number of nitrogens with zero attached hydrogens (tertiary/aromatic N) is 3. The van der Waals surface area contributed by atoms with Crippen molar-refractivity contribution in [3.05, 3.63) is 6.33 Å². The molecular formula is C10H18N4O2S. The topological polar surface area (TPSA) is 69.0 Å². The van der Waals surface area contributed by atoms with Gasteiger partial charge in [-0.05, 0) is 20.9 Å². The van der Waals surface area contributed by atoms with Crippen LogP contribution in [0.3, 0.4) is 0 Å². The quantitative estimate of drug-likeness (QED) is 0.590. The van der Waals surface area contributed by atoms with Crippen LogP contribution in [0.2, 0.25) is 0 Å². The average molecular weight is 258 g/mol. The number of nitrogens with one attached hydrogen (secondary N) is 1. The molecule has 0 saturated heterocycles. The summed E-state index contributed by atoms with van der Waals surface area (Å²) in [6.07, 6.45) is 1.49. The lowest BCUT2D eigenvalue weighted by atomic mass is 10.1. The number of aryl methyl sites for hydroxylation is 1. The summed E-state index contributed by atoms with van der Waals surface area (Å²) in [6.45, 7) is 3.99. The van der Waals surface area contributed by atoms with Crippen LogP contribution in [0.5, 0.6) is 0 Å². The van der Waals surface area contributed by atoms with E-state index < -0.39 is 5.54 Å². The minimum absolute atomic E-state index is 0.253. The van der Waals surface area contributed by atoms with Gasteiger partial charge in [0, 0.05) is 12.8 Å². The van der Waals surface area contributed by atoms with E-state index in [0.717, 1.165) is 5.16 Å². The molecule has 96 valence electrons. The number of esters is 1. The number of hydrogen-bond donors (Lipinski definition) is 1. The van der Waals surface area contributed by atoms with Crippen LogP contribution in [0, 0.1) is 0 Å². The summed E-state index contributed by atoms with van der Waals surface area (Å²) in [4.78, 5) is 15.9. The second-order valence-electron chi connectivity index (χ2n) is 3.76. The first-order valence-electron chi connectivity index (χ1n) is 5.36. The molecule has 1 aromatic heterocycles. The number of likely N-dealkylation sites (N-methyl/N-ethyl adjacent to an activating group) is 1. The van der Waals surface area contributed by atoms with Gasteiger partial charge in [-0.3, -0.25) is 4.79 Å². The Hall–Kier alpha value is -1.08. The van der Waals surface area contributed by atoms with Gasteiger partial charge in [-0.2, -0.15) is 5.10 Å². The van der Waals surface area contributed by atoms with Crippen LogP contribution in [0.15, 0.2) is 11.5 Å². The number of thioether (sulfide) groups is 1. The lowest BCUT2D eigenvalue weighted by molar-refractivity contribution is -0.149. The molecule has 1 aromatic rings. The Labute approximate surface area is 105 Å². The Bertz CT molecular complexity index is 382. The highest BCUT2D eigenvalue weighted by Gasteiger charge is 2.33. The van der Waals surface area contributed by atoms with Gasteiger partial charge >= 0.3 is 5.97 Å². The molecule has 0 spiro atoms. The molecule has 1 N–H and O–H groups in total. The molecule has 0 amide bonds. The molecule has 1 unspecified atom stereocenters. The van der Waals surface area contributed by atoms with Crippen molar-refractivity contribution in [3.63, 3.8) is 0 Å². The largest absolute Gasteiger partial charge is 0.465 e. The van der Waals surface area contributed by atoms with E-state index in [1.54, 1.807) is 18.7 Å². The number of aromatic nitrogens is 3. The minimum atomic E-state index is -0.716.